The normalized spacial score (nSPS) is 26.1. The van der Waals surface area contributed by atoms with Crippen LogP contribution in [0, 0.1) is 0 Å². The summed E-state index contributed by atoms with van der Waals surface area (Å²) in [6.07, 6.45) is 1.71. The number of aromatic nitrogens is 2. The molecule has 1 aromatic heterocycles. The summed E-state index contributed by atoms with van der Waals surface area (Å²) < 4.78 is 7.27. The van der Waals surface area contributed by atoms with Gasteiger partial charge < -0.3 is 20.5 Å². The number of aromatic hydroxyl groups is 1. The Labute approximate surface area is 146 Å². The smallest absolute Gasteiger partial charge is 0.272 e. The molecule has 4 rings (SSSR count). The molecule has 134 valence electrons. The number of hydrogen-bond acceptors (Lipinski definition) is 5. The molecular formula is C18H24N4O3. The molecule has 0 spiro atoms. The first-order valence-corrected chi connectivity index (χ1v) is 8.87. The van der Waals surface area contributed by atoms with Crippen molar-refractivity contribution in [1.82, 2.24) is 20.4 Å². The fourth-order valence-electron chi connectivity index (χ4n) is 3.93. The Morgan fingerprint density at radius 3 is 2.76 bits per heavy atom. The van der Waals surface area contributed by atoms with Gasteiger partial charge in [0.25, 0.3) is 5.91 Å². The van der Waals surface area contributed by atoms with E-state index in [1.165, 1.54) is 0 Å². The second-order valence-electron chi connectivity index (χ2n) is 7.30. The van der Waals surface area contributed by atoms with Crippen LogP contribution in [0.3, 0.4) is 0 Å². The maximum atomic E-state index is 12.9. The number of phenolic OH excluding ortho intramolecular Hbond substituents is 1. The number of hydrogen-bond donors (Lipinski definition) is 3. The van der Waals surface area contributed by atoms with Crippen LogP contribution in [-0.4, -0.2) is 52.1 Å². The maximum absolute atomic E-state index is 12.9. The number of carbonyl (C=O) groups is 1. The first-order valence-electron chi connectivity index (χ1n) is 8.87. The van der Waals surface area contributed by atoms with Gasteiger partial charge in [0, 0.05) is 29.6 Å². The summed E-state index contributed by atoms with van der Waals surface area (Å²) in [6, 6.07) is 5.96. The average Bonchev–Trinajstić information content (AvgIpc) is 2.96. The summed E-state index contributed by atoms with van der Waals surface area (Å²) in [6.45, 7) is 5.35. The molecule has 0 aliphatic carbocycles. The summed E-state index contributed by atoms with van der Waals surface area (Å²) in [4.78, 5) is 12.9. The lowest BCUT2D eigenvalue weighted by atomic mass is 9.92. The molecule has 3 atom stereocenters. The van der Waals surface area contributed by atoms with Gasteiger partial charge in [-0.2, -0.15) is 5.10 Å². The molecule has 7 heteroatoms. The van der Waals surface area contributed by atoms with Crippen LogP contribution in [0.4, 0.5) is 0 Å². The molecule has 2 bridgehead atoms. The molecule has 0 saturated carbocycles. The molecule has 3 N–H and O–H groups in total. The topological polar surface area (TPSA) is 88.4 Å². The van der Waals surface area contributed by atoms with Crippen LogP contribution < -0.4 is 10.6 Å². The SMILES string of the molecule is CC(C)n1nc(C(=O)N[C@H]2C[C@H]3COC[C@@H](C2)N3)c2cccc(O)c21. The predicted molar refractivity (Wildman–Crippen MR) is 93.8 cm³/mol. The Morgan fingerprint density at radius 2 is 2.08 bits per heavy atom. The Morgan fingerprint density at radius 1 is 1.36 bits per heavy atom. The second kappa shape index (κ2) is 6.31. The van der Waals surface area contributed by atoms with Gasteiger partial charge in [-0.25, -0.2) is 0 Å². The van der Waals surface area contributed by atoms with Crippen molar-refractivity contribution < 1.29 is 14.6 Å². The highest BCUT2D eigenvalue weighted by atomic mass is 16.5. The van der Waals surface area contributed by atoms with Gasteiger partial charge in [0.05, 0.1) is 13.2 Å². The van der Waals surface area contributed by atoms with E-state index in [1.54, 1.807) is 16.8 Å². The minimum Gasteiger partial charge on any atom is -0.506 e. The molecule has 0 radical (unpaired) electrons. The van der Waals surface area contributed by atoms with Crippen LogP contribution in [0.5, 0.6) is 5.75 Å². The van der Waals surface area contributed by atoms with E-state index in [0.717, 1.165) is 12.8 Å². The van der Waals surface area contributed by atoms with Crippen molar-refractivity contribution in [3.8, 4) is 5.75 Å². The highest BCUT2D eigenvalue weighted by molar-refractivity contribution is 6.06. The number of fused-ring (bicyclic) bond motifs is 3. The number of ether oxygens (including phenoxy) is 1. The van der Waals surface area contributed by atoms with Crippen LogP contribution in [0.2, 0.25) is 0 Å². The number of benzene rings is 1. The average molecular weight is 344 g/mol. The summed E-state index contributed by atoms with van der Waals surface area (Å²) >= 11 is 0. The number of phenols is 1. The predicted octanol–water partition coefficient (Wildman–Crippen LogP) is 1.57. The van der Waals surface area contributed by atoms with Gasteiger partial charge in [0.2, 0.25) is 0 Å². The quantitative estimate of drug-likeness (QED) is 0.787. The number of carbonyl (C=O) groups excluding carboxylic acids is 1. The Kier molecular flexibility index (Phi) is 4.13. The minimum atomic E-state index is -0.180. The van der Waals surface area contributed by atoms with E-state index >= 15 is 0 Å². The third kappa shape index (κ3) is 2.98. The van der Waals surface area contributed by atoms with Crippen LogP contribution in [0.15, 0.2) is 18.2 Å². The largest absolute Gasteiger partial charge is 0.506 e. The molecule has 25 heavy (non-hydrogen) atoms. The van der Waals surface area contributed by atoms with E-state index in [1.807, 2.05) is 19.9 Å². The lowest BCUT2D eigenvalue weighted by Gasteiger charge is -2.40. The monoisotopic (exact) mass is 344 g/mol. The van der Waals surface area contributed by atoms with E-state index < -0.39 is 0 Å². The number of amides is 1. The Balaban J connectivity index is 1.61. The van der Waals surface area contributed by atoms with Crippen molar-refractivity contribution in [2.24, 2.45) is 0 Å². The molecular weight excluding hydrogens is 320 g/mol. The second-order valence-corrected chi connectivity index (χ2v) is 7.30. The van der Waals surface area contributed by atoms with Gasteiger partial charge in [-0.1, -0.05) is 12.1 Å². The number of para-hydroxylation sites is 1. The Hall–Kier alpha value is -2.12. The van der Waals surface area contributed by atoms with Gasteiger partial charge in [0.1, 0.15) is 11.3 Å². The van der Waals surface area contributed by atoms with Crippen LogP contribution in [0.25, 0.3) is 10.9 Å². The molecule has 2 aliphatic heterocycles. The van der Waals surface area contributed by atoms with E-state index in [-0.39, 0.29) is 23.7 Å². The molecule has 2 aromatic rings. The fourth-order valence-corrected chi connectivity index (χ4v) is 3.93. The van der Waals surface area contributed by atoms with Crippen molar-refractivity contribution in [3.63, 3.8) is 0 Å². The molecule has 2 saturated heterocycles. The van der Waals surface area contributed by atoms with E-state index in [0.29, 0.717) is 41.9 Å². The van der Waals surface area contributed by atoms with Gasteiger partial charge in [-0.05, 0) is 32.8 Å². The van der Waals surface area contributed by atoms with Crippen molar-refractivity contribution in [2.75, 3.05) is 13.2 Å². The zero-order valence-corrected chi connectivity index (χ0v) is 14.5. The van der Waals surface area contributed by atoms with Crippen LogP contribution in [-0.2, 0) is 4.74 Å². The first-order chi connectivity index (χ1) is 12.0. The van der Waals surface area contributed by atoms with Crippen molar-refractivity contribution in [2.45, 2.75) is 50.9 Å². The molecule has 7 nitrogen and oxygen atoms in total. The fraction of sp³-hybridized carbons (Fsp3) is 0.556. The van der Waals surface area contributed by atoms with E-state index in [2.05, 4.69) is 15.7 Å². The number of morpholine rings is 1. The summed E-state index contributed by atoms with van der Waals surface area (Å²) in [5, 5.41) is 22.0. The van der Waals surface area contributed by atoms with Crippen molar-refractivity contribution >= 4 is 16.8 Å². The zero-order valence-electron chi connectivity index (χ0n) is 14.5. The van der Waals surface area contributed by atoms with Crippen molar-refractivity contribution in [3.05, 3.63) is 23.9 Å². The van der Waals surface area contributed by atoms with Crippen molar-refractivity contribution in [1.29, 1.82) is 0 Å². The summed E-state index contributed by atoms with van der Waals surface area (Å²) in [5.74, 6) is -0.0350. The lowest BCUT2D eigenvalue weighted by Crippen LogP contribution is -2.58. The molecule has 2 aliphatic rings. The van der Waals surface area contributed by atoms with Gasteiger partial charge in [0.15, 0.2) is 5.69 Å². The summed E-state index contributed by atoms with van der Waals surface area (Å²) in [7, 11) is 0. The molecule has 1 amide bonds. The van der Waals surface area contributed by atoms with E-state index in [9.17, 15) is 9.90 Å². The van der Waals surface area contributed by atoms with Crippen LogP contribution in [0.1, 0.15) is 43.2 Å². The maximum Gasteiger partial charge on any atom is 0.272 e. The van der Waals surface area contributed by atoms with Gasteiger partial charge in [-0.15, -0.1) is 0 Å². The molecule has 2 fully saturated rings. The van der Waals surface area contributed by atoms with Gasteiger partial charge in [-0.3, -0.25) is 9.48 Å². The highest BCUT2D eigenvalue weighted by Gasteiger charge is 2.33. The third-order valence-electron chi connectivity index (χ3n) is 4.99. The van der Waals surface area contributed by atoms with Gasteiger partial charge >= 0.3 is 0 Å². The number of piperidine rings is 1. The van der Waals surface area contributed by atoms with E-state index in [4.69, 9.17) is 4.74 Å². The van der Waals surface area contributed by atoms with Crippen LogP contribution >= 0.6 is 0 Å². The number of nitrogens with one attached hydrogen (secondary N) is 2. The molecule has 1 aromatic carbocycles. The Bertz CT molecular complexity index is 789. The molecule has 3 heterocycles. The molecule has 0 unspecified atom stereocenters. The summed E-state index contributed by atoms with van der Waals surface area (Å²) in [5.41, 5.74) is 0.984. The standard InChI is InChI=1S/C18H24N4O3/c1-10(2)22-17-14(4-3-5-15(17)23)16(21-22)18(24)20-11-6-12-8-25-9-13(7-11)19-12/h3-5,10-13,19,23H,6-9H2,1-2H3,(H,20,24)/t11-,12-,13+. The zero-order chi connectivity index (χ0) is 17.6. The number of nitrogens with zero attached hydrogens (tertiary/aromatic N) is 2. The number of rotatable bonds is 3. The third-order valence-corrected chi connectivity index (χ3v) is 4.99. The minimum absolute atomic E-state index is 0.0488. The highest BCUT2D eigenvalue weighted by Crippen LogP contribution is 2.29. The first kappa shape index (κ1) is 16.4. The lowest BCUT2D eigenvalue weighted by molar-refractivity contribution is 0.0148.